The third-order valence-corrected chi connectivity index (χ3v) is 8.07. The number of nitrogens with zero attached hydrogens (tertiary/aromatic N) is 3. The largest absolute Gasteiger partial charge is 0.368 e. The van der Waals surface area contributed by atoms with Gasteiger partial charge in [0.15, 0.2) is 0 Å². The summed E-state index contributed by atoms with van der Waals surface area (Å²) in [5.74, 6) is 0.0500. The molecule has 2 amide bonds. The summed E-state index contributed by atoms with van der Waals surface area (Å²) in [6, 6.07) is 8.82. The monoisotopic (exact) mass is 411 g/mol. The second-order valence-electron chi connectivity index (χ2n) is 9.25. The zero-order valence-electron chi connectivity index (χ0n) is 17.3. The molecule has 2 aromatic rings. The number of hydrogen-bond donors (Lipinski definition) is 0. The molecule has 0 bridgehead atoms. The fraction of sp³-hybridized carbons (Fsp3) is 0.565. The van der Waals surface area contributed by atoms with E-state index in [1.807, 2.05) is 13.8 Å². The summed E-state index contributed by atoms with van der Waals surface area (Å²) < 4.78 is 1.36. The van der Waals surface area contributed by atoms with E-state index in [1.165, 1.54) is 20.7 Å². The number of piperazine rings is 1. The molecule has 6 heteroatoms. The average Bonchev–Trinajstić information content (AvgIpc) is 3.00. The molecule has 2 atom stereocenters. The van der Waals surface area contributed by atoms with Crippen molar-refractivity contribution in [1.29, 1.82) is 0 Å². The van der Waals surface area contributed by atoms with Crippen molar-refractivity contribution in [1.82, 2.24) is 9.80 Å². The lowest BCUT2D eigenvalue weighted by molar-refractivity contribution is -0.143. The number of fused-ring (bicyclic) bond motifs is 2. The quantitative estimate of drug-likeness (QED) is 0.540. The molecule has 1 aliphatic carbocycles. The normalized spacial score (nSPS) is 26.4. The molecule has 0 spiro atoms. The van der Waals surface area contributed by atoms with Crippen LogP contribution in [-0.2, 0) is 9.59 Å². The number of carbonyl (C=O) groups is 2. The molecule has 1 aromatic carbocycles. The Hall–Kier alpha value is -1.92. The van der Waals surface area contributed by atoms with E-state index >= 15 is 0 Å². The maximum Gasteiger partial charge on any atom is 0.233 e. The Kier molecular flexibility index (Phi) is 4.67. The summed E-state index contributed by atoms with van der Waals surface area (Å²) in [7, 11) is 0. The lowest BCUT2D eigenvalue weighted by atomic mass is 10.1. The number of amides is 2. The van der Waals surface area contributed by atoms with Crippen molar-refractivity contribution in [2.45, 2.75) is 26.7 Å². The second-order valence-corrected chi connectivity index (χ2v) is 10.2. The number of benzene rings is 1. The van der Waals surface area contributed by atoms with Gasteiger partial charge in [0.2, 0.25) is 11.8 Å². The molecule has 3 heterocycles. The van der Waals surface area contributed by atoms with Crippen LogP contribution in [0.1, 0.15) is 26.7 Å². The molecule has 5 nitrogen and oxygen atoms in total. The lowest BCUT2D eigenvalue weighted by Gasteiger charge is -2.36. The SMILES string of the molecule is CC1(C)C2C(=O)N(CCCCN3CCN(c4cccc5sccc45)CC3)C(=O)C21. The Morgan fingerprint density at radius 2 is 1.66 bits per heavy atom. The van der Waals surface area contributed by atoms with E-state index in [2.05, 4.69) is 39.4 Å². The van der Waals surface area contributed by atoms with E-state index in [-0.39, 0.29) is 29.1 Å². The van der Waals surface area contributed by atoms with E-state index in [1.54, 1.807) is 11.3 Å². The first-order chi connectivity index (χ1) is 14.0. The van der Waals surface area contributed by atoms with Crippen molar-refractivity contribution in [2.75, 3.05) is 44.2 Å². The second kappa shape index (κ2) is 7.10. The maximum atomic E-state index is 12.4. The van der Waals surface area contributed by atoms with Gasteiger partial charge < -0.3 is 4.90 Å². The molecule has 0 N–H and O–H groups in total. The Morgan fingerprint density at radius 1 is 0.966 bits per heavy atom. The van der Waals surface area contributed by atoms with Crippen LogP contribution in [0.4, 0.5) is 5.69 Å². The Morgan fingerprint density at radius 3 is 2.38 bits per heavy atom. The molecule has 0 radical (unpaired) electrons. The highest BCUT2D eigenvalue weighted by atomic mass is 32.1. The topological polar surface area (TPSA) is 43.9 Å². The fourth-order valence-electron chi connectivity index (χ4n) is 5.30. The van der Waals surface area contributed by atoms with Gasteiger partial charge in [-0.05, 0) is 48.4 Å². The minimum atomic E-state index is -0.0995. The molecule has 29 heavy (non-hydrogen) atoms. The summed E-state index contributed by atoms with van der Waals surface area (Å²) in [5.41, 5.74) is 1.26. The average molecular weight is 412 g/mol. The molecule has 1 aromatic heterocycles. The standard InChI is InChI=1S/C23H29N3O2S/c1-23(2)19-20(23)22(28)26(21(19)27)10-4-3-9-24-11-13-25(14-12-24)17-6-5-7-18-16(17)8-15-29-18/h5-8,15,19-20H,3-4,9-14H2,1-2H3. The van der Waals surface area contributed by atoms with E-state index in [4.69, 9.17) is 0 Å². The first-order valence-electron chi connectivity index (χ1n) is 10.8. The van der Waals surface area contributed by atoms with Crippen molar-refractivity contribution in [3.8, 4) is 0 Å². The Bertz CT molecular complexity index is 921. The smallest absolute Gasteiger partial charge is 0.233 e. The van der Waals surface area contributed by atoms with Crippen LogP contribution in [0.3, 0.4) is 0 Å². The van der Waals surface area contributed by atoms with Crippen molar-refractivity contribution in [2.24, 2.45) is 17.3 Å². The van der Waals surface area contributed by atoms with Crippen LogP contribution >= 0.6 is 11.3 Å². The number of anilines is 1. The lowest BCUT2D eigenvalue weighted by Crippen LogP contribution is -2.46. The summed E-state index contributed by atoms with van der Waals surface area (Å²) in [4.78, 5) is 31.3. The van der Waals surface area contributed by atoms with Crippen LogP contribution in [0.25, 0.3) is 10.1 Å². The Labute approximate surface area is 176 Å². The third-order valence-electron chi connectivity index (χ3n) is 7.18. The predicted molar refractivity (Wildman–Crippen MR) is 117 cm³/mol. The van der Waals surface area contributed by atoms with Gasteiger partial charge in [-0.15, -0.1) is 11.3 Å². The van der Waals surface area contributed by atoms with Crippen molar-refractivity contribution in [3.63, 3.8) is 0 Å². The van der Waals surface area contributed by atoms with Gasteiger partial charge in [-0.2, -0.15) is 0 Å². The molecule has 3 fully saturated rings. The number of unbranched alkanes of at least 4 members (excludes halogenated alkanes) is 1. The molecule has 5 rings (SSSR count). The molecular formula is C23H29N3O2S. The van der Waals surface area contributed by atoms with Gasteiger partial charge in [0, 0.05) is 48.5 Å². The van der Waals surface area contributed by atoms with Crippen LogP contribution in [0.5, 0.6) is 0 Å². The minimum Gasteiger partial charge on any atom is -0.368 e. The van der Waals surface area contributed by atoms with E-state index < -0.39 is 0 Å². The van der Waals surface area contributed by atoms with Crippen LogP contribution in [0.2, 0.25) is 0 Å². The molecule has 3 aliphatic rings. The number of rotatable bonds is 6. The van der Waals surface area contributed by atoms with Gasteiger partial charge in [0.1, 0.15) is 0 Å². The van der Waals surface area contributed by atoms with Crippen molar-refractivity contribution < 1.29 is 9.59 Å². The first kappa shape index (κ1) is 19.1. The Balaban J connectivity index is 1.07. The summed E-state index contributed by atoms with van der Waals surface area (Å²) >= 11 is 1.80. The molecule has 2 aliphatic heterocycles. The number of thiophene rings is 1. The van der Waals surface area contributed by atoms with Crippen LogP contribution in [-0.4, -0.2) is 60.9 Å². The van der Waals surface area contributed by atoms with Gasteiger partial charge in [-0.3, -0.25) is 19.4 Å². The molecule has 154 valence electrons. The summed E-state index contributed by atoms with van der Waals surface area (Å²) in [6.07, 6.45) is 1.95. The molecule has 2 saturated heterocycles. The number of hydrogen-bond acceptors (Lipinski definition) is 5. The van der Waals surface area contributed by atoms with Crippen molar-refractivity contribution in [3.05, 3.63) is 29.6 Å². The van der Waals surface area contributed by atoms with Gasteiger partial charge in [-0.1, -0.05) is 19.9 Å². The molecule has 1 saturated carbocycles. The van der Waals surface area contributed by atoms with Gasteiger partial charge in [0.25, 0.3) is 0 Å². The predicted octanol–water partition coefficient (Wildman–Crippen LogP) is 3.44. The van der Waals surface area contributed by atoms with Crippen molar-refractivity contribution >= 4 is 38.9 Å². The van der Waals surface area contributed by atoms with Gasteiger partial charge in [-0.25, -0.2) is 0 Å². The highest BCUT2D eigenvalue weighted by Crippen LogP contribution is 2.63. The number of piperidine rings is 1. The van der Waals surface area contributed by atoms with Crippen LogP contribution in [0, 0.1) is 17.3 Å². The molecular weight excluding hydrogens is 382 g/mol. The first-order valence-corrected chi connectivity index (χ1v) is 11.6. The number of carbonyl (C=O) groups excluding carboxylic acids is 2. The van der Waals surface area contributed by atoms with E-state index in [9.17, 15) is 9.59 Å². The summed E-state index contributed by atoms with van der Waals surface area (Å²) in [5, 5.41) is 3.54. The number of imide groups is 1. The maximum absolute atomic E-state index is 12.4. The molecule has 2 unspecified atom stereocenters. The van der Waals surface area contributed by atoms with Gasteiger partial charge in [0.05, 0.1) is 11.8 Å². The third kappa shape index (κ3) is 3.17. The summed E-state index contributed by atoms with van der Waals surface area (Å²) in [6.45, 7) is 9.96. The fourth-order valence-corrected chi connectivity index (χ4v) is 6.10. The van der Waals surface area contributed by atoms with E-state index in [0.717, 1.165) is 45.6 Å². The number of likely N-dealkylation sites (tertiary alicyclic amines) is 1. The minimum absolute atomic E-state index is 0.0456. The highest BCUT2D eigenvalue weighted by molar-refractivity contribution is 7.17. The van der Waals surface area contributed by atoms with Crippen LogP contribution < -0.4 is 4.90 Å². The van der Waals surface area contributed by atoms with E-state index in [0.29, 0.717) is 6.54 Å². The van der Waals surface area contributed by atoms with Gasteiger partial charge >= 0.3 is 0 Å². The van der Waals surface area contributed by atoms with Crippen LogP contribution in [0.15, 0.2) is 29.6 Å². The zero-order chi connectivity index (χ0) is 20.2. The zero-order valence-corrected chi connectivity index (χ0v) is 18.1. The highest BCUT2D eigenvalue weighted by Gasteiger charge is 2.72.